The zero-order valence-corrected chi connectivity index (χ0v) is 11.9. The number of imide groups is 1. The molecule has 0 aromatic heterocycles. The van der Waals surface area contributed by atoms with E-state index in [4.69, 9.17) is 4.74 Å². The number of nitrogens with zero attached hydrogens (tertiary/aromatic N) is 1. The molecule has 1 aliphatic heterocycles. The van der Waals surface area contributed by atoms with E-state index in [1.807, 2.05) is 44.2 Å². The monoisotopic (exact) mass is 276 g/mol. The Bertz CT molecular complexity index is 483. The maximum Gasteiger partial charge on any atom is 0.325 e. The lowest BCUT2D eigenvalue weighted by Gasteiger charge is -2.33. The topological polar surface area (TPSA) is 58.6 Å². The van der Waals surface area contributed by atoms with Gasteiger partial charge in [0.1, 0.15) is 17.9 Å². The zero-order chi connectivity index (χ0) is 14.6. The van der Waals surface area contributed by atoms with Gasteiger partial charge in [0, 0.05) is 0 Å². The minimum absolute atomic E-state index is 0.202. The molecule has 1 heterocycles. The molecule has 0 atom stereocenters. The van der Waals surface area contributed by atoms with Gasteiger partial charge < -0.3 is 9.64 Å². The fourth-order valence-corrected chi connectivity index (χ4v) is 2.64. The second-order valence-electron chi connectivity index (χ2n) is 4.81. The maximum atomic E-state index is 12.0. The Labute approximate surface area is 118 Å². The minimum Gasteiger partial charge on any atom is -0.492 e. The van der Waals surface area contributed by atoms with E-state index in [0.29, 0.717) is 26.0 Å². The van der Waals surface area contributed by atoms with Gasteiger partial charge in [0.2, 0.25) is 0 Å². The number of hydrogen-bond acceptors (Lipinski definition) is 3. The first kappa shape index (κ1) is 14.4. The summed E-state index contributed by atoms with van der Waals surface area (Å²) in [6.07, 6.45) is 1.21. The van der Waals surface area contributed by atoms with E-state index in [0.717, 1.165) is 5.75 Å². The highest BCUT2D eigenvalue weighted by atomic mass is 16.5. The highest BCUT2D eigenvalue weighted by Gasteiger charge is 2.49. The molecule has 0 unspecified atom stereocenters. The Balaban J connectivity index is 2.00. The lowest BCUT2D eigenvalue weighted by molar-refractivity contribution is -0.127. The largest absolute Gasteiger partial charge is 0.492 e. The van der Waals surface area contributed by atoms with Crippen molar-refractivity contribution in [3.63, 3.8) is 0 Å². The molecule has 2 rings (SSSR count). The molecule has 20 heavy (non-hydrogen) atoms. The predicted octanol–water partition coefficient (Wildman–Crippen LogP) is 2.18. The third-order valence-corrected chi connectivity index (χ3v) is 3.90. The van der Waals surface area contributed by atoms with Gasteiger partial charge in [0.05, 0.1) is 6.54 Å². The normalized spacial score (nSPS) is 17.2. The lowest BCUT2D eigenvalue weighted by Crippen LogP contribution is -2.50. The predicted molar refractivity (Wildman–Crippen MR) is 75.5 cm³/mol. The Morgan fingerprint density at radius 2 is 1.80 bits per heavy atom. The van der Waals surface area contributed by atoms with E-state index in [1.54, 1.807) is 4.90 Å². The third-order valence-electron chi connectivity index (χ3n) is 3.90. The average molecular weight is 276 g/mol. The molecule has 1 aromatic carbocycles. The lowest BCUT2D eigenvalue weighted by atomic mass is 9.91. The molecule has 108 valence electrons. The van der Waals surface area contributed by atoms with Gasteiger partial charge in [0.25, 0.3) is 5.91 Å². The van der Waals surface area contributed by atoms with Crippen LogP contribution in [0.3, 0.4) is 0 Å². The van der Waals surface area contributed by atoms with Crippen molar-refractivity contribution in [2.45, 2.75) is 32.2 Å². The number of nitrogens with one attached hydrogen (secondary N) is 1. The van der Waals surface area contributed by atoms with Gasteiger partial charge in [-0.1, -0.05) is 32.0 Å². The van der Waals surface area contributed by atoms with Crippen LogP contribution in [0, 0.1) is 0 Å². The molecule has 5 nitrogen and oxygen atoms in total. The number of carbonyl (C=O) groups is 2. The molecule has 1 aliphatic rings. The SMILES string of the molecule is CCC1(CC)C(=O)NC(=O)N1CCOc1ccccc1. The summed E-state index contributed by atoms with van der Waals surface area (Å²) in [5.41, 5.74) is -0.725. The Morgan fingerprint density at radius 1 is 1.15 bits per heavy atom. The summed E-state index contributed by atoms with van der Waals surface area (Å²) in [6, 6.07) is 9.10. The van der Waals surface area contributed by atoms with Crippen molar-refractivity contribution in [1.82, 2.24) is 10.2 Å². The molecular weight excluding hydrogens is 256 g/mol. The molecule has 0 bridgehead atoms. The van der Waals surface area contributed by atoms with Crippen molar-refractivity contribution in [2.24, 2.45) is 0 Å². The first-order valence-corrected chi connectivity index (χ1v) is 6.95. The summed E-state index contributed by atoms with van der Waals surface area (Å²) in [4.78, 5) is 25.5. The Kier molecular flexibility index (Phi) is 4.27. The summed E-state index contributed by atoms with van der Waals surface area (Å²) >= 11 is 0. The second-order valence-corrected chi connectivity index (χ2v) is 4.81. The van der Waals surface area contributed by atoms with Crippen LogP contribution in [0.25, 0.3) is 0 Å². The van der Waals surface area contributed by atoms with Crippen LogP contribution in [-0.2, 0) is 4.79 Å². The summed E-state index contributed by atoms with van der Waals surface area (Å²) in [5.74, 6) is 0.559. The van der Waals surface area contributed by atoms with E-state index < -0.39 is 5.54 Å². The molecule has 0 radical (unpaired) electrons. The fraction of sp³-hybridized carbons (Fsp3) is 0.467. The van der Waals surface area contributed by atoms with Crippen LogP contribution < -0.4 is 10.1 Å². The third kappa shape index (κ3) is 2.48. The Hall–Kier alpha value is -2.04. The van der Waals surface area contributed by atoms with Gasteiger partial charge >= 0.3 is 6.03 Å². The van der Waals surface area contributed by atoms with Crippen LogP contribution in [0.4, 0.5) is 4.79 Å². The van der Waals surface area contributed by atoms with Crippen LogP contribution >= 0.6 is 0 Å². The highest BCUT2D eigenvalue weighted by Crippen LogP contribution is 2.28. The standard InChI is InChI=1S/C15H20N2O3/c1-3-15(4-2)13(18)16-14(19)17(15)10-11-20-12-8-6-5-7-9-12/h5-9H,3-4,10-11H2,1-2H3,(H,16,18,19). The van der Waals surface area contributed by atoms with Crippen molar-refractivity contribution in [3.05, 3.63) is 30.3 Å². The number of ether oxygens (including phenoxy) is 1. The summed E-state index contributed by atoms with van der Waals surface area (Å²) in [6.45, 7) is 4.61. The maximum absolute atomic E-state index is 12.0. The first-order valence-electron chi connectivity index (χ1n) is 6.95. The Morgan fingerprint density at radius 3 is 2.40 bits per heavy atom. The van der Waals surface area contributed by atoms with Gasteiger partial charge in [0.15, 0.2) is 0 Å². The molecule has 3 amide bonds. The van der Waals surface area contributed by atoms with Crippen LogP contribution in [0.5, 0.6) is 5.75 Å². The van der Waals surface area contributed by atoms with E-state index >= 15 is 0 Å². The molecule has 1 fully saturated rings. The van der Waals surface area contributed by atoms with Crippen LogP contribution in [0.15, 0.2) is 30.3 Å². The number of urea groups is 1. The summed E-state index contributed by atoms with van der Waals surface area (Å²) < 4.78 is 5.60. The molecular formula is C15H20N2O3. The van der Waals surface area contributed by atoms with Crippen molar-refractivity contribution in [2.75, 3.05) is 13.2 Å². The number of hydrogen-bond donors (Lipinski definition) is 1. The molecule has 5 heteroatoms. The summed E-state index contributed by atoms with van der Waals surface area (Å²) in [7, 11) is 0. The highest BCUT2D eigenvalue weighted by molar-refractivity contribution is 6.06. The van der Waals surface area contributed by atoms with Gasteiger partial charge in [-0.05, 0) is 25.0 Å². The quantitative estimate of drug-likeness (QED) is 0.810. The smallest absolute Gasteiger partial charge is 0.325 e. The van der Waals surface area contributed by atoms with Crippen LogP contribution in [0.1, 0.15) is 26.7 Å². The van der Waals surface area contributed by atoms with E-state index in [-0.39, 0.29) is 11.9 Å². The van der Waals surface area contributed by atoms with Gasteiger partial charge in [-0.25, -0.2) is 4.79 Å². The van der Waals surface area contributed by atoms with E-state index in [1.165, 1.54) is 0 Å². The molecule has 0 aliphatic carbocycles. The van der Waals surface area contributed by atoms with E-state index in [9.17, 15) is 9.59 Å². The second kappa shape index (κ2) is 5.94. The molecule has 1 saturated heterocycles. The number of carbonyl (C=O) groups excluding carboxylic acids is 2. The van der Waals surface area contributed by atoms with Gasteiger partial charge in [-0.15, -0.1) is 0 Å². The molecule has 1 N–H and O–H groups in total. The van der Waals surface area contributed by atoms with Crippen molar-refractivity contribution in [3.8, 4) is 5.75 Å². The minimum atomic E-state index is -0.725. The molecule has 0 spiro atoms. The number of benzene rings is 1. The number of rotatable bonds is 6. The van der Waals surface area contributed by atoms with Gasteiger partial charge in [-0.2, -0.15) is 0 Å². The number of amides is 3. The first-order chi connectivity index (χ1) is 9.64. The average Bonchev–Trinajstić information content (AvgIpc) is 2.71. The zero-order valence-electron chi connectivity index (χ0n) is 11.9. The van der Waals surface area contributed by atoms with Crippen molar-refractivity contribution >= 4 is 11.9 Å². The van der Waals surface area contributed by atoms with Crippen LogP contribution in [0.2, 0.25) is 0 Å². The van der Waals surface area contributed by atoms with E-state index in [2.05, 4.69) is 5.32 Å². The van der Waals surface area contributed by atoms with Crippen molar-refractivity contribution < 1.29 is 14.3 Å². The van der Waals surface area contributed by atoms with Crippen molar-refractivity contribution in [1.29, 1.82) is 0 Å². The molecule has 0 saturated carbocycles. The van der Waals surface area contributed by atoms with Gasteiger partial charge in [-0.3, -0.25) is 10.1 Å². The van der Waals surface area contributed by atoms with Crippen LogP contribution in [-0.4, -0.2) is 35.5 Å². The number of para-hydroxylation sites is 1. The summed E-state index contributed by atoms with van der Waals surface area (Å²) in [5, 5.41) is 2.40. The fourth-order valence-electron chi connectivity index (χ4n) is 2.64. The molecule has 1 aromatic rings.